The van der Waals surface area contributed by atoms with Crippen molar-refractivity contribution in [2.45, 2.75) is 0 Å². The minimum Gasteiger partial charge on any atom is -0.495 e. The van der Waals surface area contributed by atoms with Crippen molar-refractivity contribution in [1.29, 1.82) is 0 Å². The van der Waals surface area contributed by atoms with E-state index in [9.17, 15) is 0 Å². The highest BCUT2D eigenvalue weighted by molar-refractivity contribution is 6.38. The minimum absolute atomic E-state index is 0.350. The molecule has 1 rings (SSSR count). The van der Waals surface area contributed by atoms with E-state index < -0.39 is 0 Å². The van der Waals surface area contributed by atoms with Crippen LogP contribution in [0.3, 0.4) is 0 Å². The molecule has 0 saturated carbocycles. The smallest absolute Gasteiger partial charge is 0.160 e. The molecule has 0 aliphatic heterocycles. The molecule has 2 nitrogen and oxygen atoms in total. The molecule has 1 aromatic carbocycles. The van der Waals surface area contributed by atoms with Gasteiger partial charge in [0.05, 0.1) is 19.2 Å². The summed E-state index contributed by atoms with van der Waals surface area (Å²) in [6, 6.07) is 4.30. The molecule has 0 bridgehead atoms. The van der Waals surface area contributed by atoms with Gasteiger partial charge < -0.3 is 9.47 Å². The van der Waals surface area contributed by atoms with Crippen LogP contribution >= 0.6 is 23.2 Å². The lowest BCUT2D eigenvalue weighted by atomic mass is 10.3. The molecule has 0 aliphatic carbocycles. The van der Waals surface area contributed by atoms with E-state index in [1.54, 1.807) is 6.07 Å². The lowest BCUT2D eigenvalue weighted by molar-refractivity contribution is 0.395. The monoisotopic (exact) mass is 205 g/mol. The van der Waals surface area contributed by atoms with E-state index in [1.165, 1.54) is 14.2 Å². The highest BCUT2D eigenvalue weighted by Crippen LogP contribution is 2.38. The van der Waals surface area contributed by atoms with E-state index in [0.29, 0.717) is 21.5 Å². The van der Waals surface area contributed by atoms with Gasteiger partial charge in [-0.3, -0.25) is 0 Å². The van der Waals surface area contributed by atoms with Crippen molar-refractivity contribution in [2.24, 2.45) is 0 Å². The van der Waals surface area contributed by atoms with Gasteiger partial charge in [-0.15, -0.1) is 0 Å². The van der Waals surface area contributed by atoms with E-state index in [2.05, 4.69) is 6.07 Å². The molecule has 0 unspecified atom stereocenters. The maximum Gasteiger partial charge on any atom is 0.160 e. The molecule has 0 saturated heterocycles. The fraction of sp³-hybridized carbons (Fsp3) is 0.250. The summed E-state index contributed by atoms with van der Waals surface area (Å²) < 4.78 is 9.88. The van der Waals surface area contributed by atoms with Gasteiger partial charge in [0.15, 0.2) is 5.75 Å². The lowest BCUT2D eigenvalue weighted by Gasteiger charge is -2.08. The summed E-state index contributed by atoms with van der Waals surface area (Å²) in [6.07, 6.45) is 0. The van der Waals surface area contributed by atoms with Crippen LogP contribution in [0.5, 0.6) is 11.5 Å². The minimum atomic E-state index is 0.350. The molecule has 4 heteroatoms. The summed E-state index contributed by atoms with van der Waals surface area (Å²) in [6.45, 7) is 0. The van der Waals surface area contributed by atoms with Crippen molar-refractivity contribution in [3.05, 3.63) is 22.2 Å². The summed E-state index contributed by atoms with van der Waals surface area (Å²) >= 11 is 11.6. The predicted molar refractivity (Wildman–Crippen MR) is 48.4 cm³/mol. The molecule has 1 aromatic rings. The first-order valence-corrected chi connectivity index (χ1v) is 3.94. The second-order valence-corrected chi connectivity index (χ2v) is 2.77. The van der Waals surface area contributed by atoms with Crippen molar-refractivity contribution in [3.8, 4) is 11.5 Å². The first-order valence-electron chi connectivity index (χ1n) is 3.18. The number of benzene rings is 1. The van der Waals surface area contributed by atoms with Gasteiger partial charge in [0, 0.05) is 6.07 Å². The predicted octanol–water partition coefficient (Wildman–Crippen LogP) is 2.81. The molecule has 1 radical (unpaired) electrons. The number of halogens is 2. The average molecular weight is 206 g/mol. The third-order valence-corrected chi connectivity index (χ3v) is 2.01. The van der Waals surface area contributed by atoms with Gasteiger partial charge in [0.1, 0.15) is 10.8 Å². The fourth-order valence-electron chi connectivity index (χ4n) is 0.794. The molecule has 0 atom stereocenters. The Bertz CT molecular complexity index is 287. The van der Waals surface area contributed by atoms with Crippen molar-refractivity contribution in [1.82, 2.24) is 0 Å². The second kappa shape index (κ2) is 3.87. The average Bonchev–Trinajstić information content (AvgIpc) is 2.06. The quantitative estimate of drug-likeness (QED) is 0.740. The highest BCUT2D eigenvalue weighted by atomic mass is 35.5. The van der Waals surface area contributed by atoms with Crippen LogP contribution in [0.4, 0.5) is 0 Å². The van der Waals surface area contributed by atoms with E-state index >= 15 is 0 Å². The standard InChI is InChI=1S/C8H7Cl2O2/c1-11-6-4-3-5(9)8(12-2)7(6)10/h4H,1-2H3. The first-order chi connectivity index (χ1) is 5.70. The van der Waals surface area contributed by atoms with E-state index in [-0.39, 0.29) is 0 Å². The van der Waals surface area contributed by atoms with Gasteiger partial charge in [-0.05, 0) is 6.07 Å². The van der Waals surface area contributed by atoms with E-state index in [1.807, 2.05) is 0 Å². The van der Waals surface area contributed by atoms with Gasteiger partial charge in [0.2, 0.25) is 0 Å². The Hall–Kier alpha value is -0.600. The largest absolute Gasteiger partial charge is 0.495 e. The van der Waals surface area contributed by atoms with Crippen LogP contribution in [0.2, 0.25) is 10.0 Å². The first kappa shape index (κ1) is 9.49. The third kappa shape index (κ3) is 1.59. The molecule has 0 spiro atoms. The highest BCUT2D eigenvalue weighted by Gasteiger charge is 2.11. The van der Waals surface area contributed by atoms with E-state index in [0.717, 1.165) is 0 Å². The van der Waals surface area contributed by atoms with Crippen LogP contribution in [0.1, 0.15) is 0 Å². The fourth-order valence-corrected chi connectivity index (χ4v) is 1.37. The van der Waals surface area contributed by atoms with E-state index in [4.69, 9.17) is 32.7 Å². The lowest BCUT2D eigenvalue weighted by Crippen LogP contribution is -1.89. The van der Waals surface area contributed by atoms with Crippen LogP contribution in [-0.4, -0.2) is 14.2 Å². The molecule has 0 aliphatic rings. The Morgan fingerprint density at radius 3 is 2.42 bits per heavy atom. The summed E-state index contributed by atoms with van der Waals surface area (Å²) in [5.74, 6) is 0.885. The molecule has 0 N–H and O–H groups in total. The van der Waals surface area contributed by atoms with Gasteiger partial charge in [0.25, 0.3) is 0 Å². The van der Waals surface area contributed by atoms with Gasteiger partial charge in [-0.1, -0.05) is 23.2 Å². The van der Waals surface area contributed by atoms with Gasteiger partial charge in [-0.25, -0.2) is 0 Å². The number of ether oxygens (including phenoxy) is 2. The molecule has 0 aromatic heterocycles. The topological polar surface area (TPSA) is 18.5 Å². The second-order valence-electron chi connectivity index (χ2n) is 2.02. The number of hydrogen-bond donors (Lipinski definition) is 0. The zero-order valence-corrected chi connectivity index (χ0v) is 8.16. The Kier molecular flexibility index (Phi) is 3.06. The summed E-state index contributed by atoms with van der Waals surface area (Å²) in [5.41, 5.74) is 0. The van der Waals surface area contributed by atoms with Crippen molar-refractivity contribution < 1.29 is 9.47 Å². The maximum absolute atomic E-state index is 5.86. The molecule has 12 heavy (non-hydrogen) atoms. The van der Waals surface area contributed by atoms with Crippen LogP contribution in [-0.2, 0) is 0 Å². The Morgan fingerprint density at radius 2 is 1.92 bits per heavy atom. The number of hydrogen-bond acceptors (Lipinski definition) is 2. The van der Waals surface area contributed by atoms with Crippen LogP contribution in [0.25, 0.3) is 0 Å². The molecule has 0 fully saturated rings. The summed E-state index contributed by atoms with van der Waals surface area (Å²) in [5, 5.41) is 0.715. The molecular weight excluding hydrogens is 199 g/mol. The number of rotatable bonds is 2. The van der Waals surface area contributed by atoms with Crippen molar-refractivity contribution >= 4 is 23.2 Å². The molecular formula is C8H7Cl2O2. The molecule has 0 amide bonds. The van der Waals surface area contributed by atoms with Crippen LogP contribution < -0.4 is 9.47 Å². The summed E-state index contributed by atoms with van der Waals surface area (Å²) in [4.78, 5) is 0. The zero-order chi connectivity index (χ0) is 9.14. The summed E-state index contributed by atoms with van der Waals surface area (Å²) in [7, 11) is 3.00. The van der Waals surface area contributed by atoms with Crippen LogP contribution in [0, 0.1) is 6.07 Å². The van der Waals surface area contributed by atoms with Crippen LogP contribution in [0.15, 0.2) is 6.07 Å². The molecule has 65 valence electrons. The van der Waals surface area contributed by atoms with Gasteiger partial charge >= 0.3 is 0 Å². The van der Waals surface area contributed by atoms with Crippen molar-refractivity contribution in [3.63, 3.8) is 0 Å². The third-order valence-electron chi connectivity index (χ3n) is 1.37. The Labute approximate surface area is 81.0 Å². The number of methoxy groups -OCH3 is 2. The maximum atomic E-state index is 5.86. The molecule has 0 heterocycles. The van der Waals surface area contributed by atoms with Crippen molar-refractivity contribution in [2.75, 3.05) is 14.2 Å². The Balaban J connectivity index is 3.24. The normalized spacial score (nSPS) is 9.67. The SMILES string of the molecule is COc1c[c]c(Cl)c(OC)c1Cl. The zero-order valence-electron chi connectivity index (χ0n) is 6.65. The Morgan fingerprint density at radius 1 is 1.25 bits per heavy atom. The van der Waals surface area contributed by atoms with Gasteiger partial charge in [-0.2, -0.15) is 0 Å².